The van der Waals surface area contributed by atoms with Crippen LogP contribution in [0.3, 0.4) is 0 Å². The lowest BCUT2D eigenvalue weighted by atomic mass is 10.1. The molecule has 3 rings (SSSR count). The van der Waals surface area contributed by atoms with Crippen LogP contribution in [0.4, 0.5) is 0 Å². The van der Waals surface area contributed by atoms with E-state index in [0.717, 1.165) is 11.1 Å². The van der Waals surface area contributed by atoms with Crippen molar-refractivity contribution in [2.24, 2.45) is 0 Å². The molecule has 0 bridgehead atoms. The average Bonchev–Trinajstić information content (AvgIpc) is 3.16. The third kappa shape index (κ3) is 2.35. The number of alkyl halides is 1. The van der Waals surface area contributed by atoms with Crippen molar-refractivity contribution in [3.63, 3.8) is 0 Å². The Morgan fingerprint density at radius 3 is 2.75 bits per heavy atom. The number of furan rings is 1. The third-order valence-electron chi connectivity index (χ3n) is 2.73. The zero-order valence-electron chi connectivity index (χ0n) is 10.2. The first-order valence-electron chi connectivity index (χ1n) is 5.84. The Balaban J connectivity index is 1.98. The number of carbonyl (C=O) groups excluding carboxylic acids is 1. The minimum absolute atomic E-state index is 0.174. The lowest BCUT2D eigenvalue weighted by molar-refractivity contribution is 0.110. The molecule has 0 saturated heterocycles. The van der Waals surface area contributed by atoms with Crippen LogP contribution in [0.25, 0.3) is 22.7 Å². The lowest BCUT2D eigenvalue weighted by Crippen LogP contribution is -1.83. The molecule has 0 spiro atoms. The van der Waals surface area contributed by atoms with E-state index in [4.69, 9.17) is 20.5 Å². The van der Waals surface area contributed by atoms with E-state index < -0.39 is 0 Å². The Hall–Kier alpha value is -2.40. The second-order valence-corrected chi connectivity index (χ2v) is 4.31. The molecular weight excluding hydrogens is 280 g/mol. The fraction of sp³-hybridized carbons (Fsp3) is 0.0714. The fourth-order valence-electron chi connectivity index (χ4n) is 1.81. The highest BCUT2D eigenvalue weighted by Crippen LogP contribution is 2.26. The minimum atomic E-state index is 0.174. The molecule has 0 atom stereocenters. The predicted octanol–water partition coefficient (Wildman–Crippen LogP) is 3.55. The molecule has 100 valence electrons. The van der Waals surface area contributed by atoms with E-state index in [9.17, 15) is 4.79 Å². The number of carbonyl (C=O) groups is 1. The number of rotatable bonds is 4. The van der Waals surface area contributed by atoms with E-state index in [0.29, 0.717) is 23.8 Å². The van der Waals surface area contributed by atoms with Gasteiger partial charge in [-0.1, -0.05) is 23.4 Å². The number of benzene rings is 1. The number of hydrogen-bond acceptors (Lipinski definition) is 5. The normalized spacial score (nSPS) is 10.7. The van der Waals surface area contributed by atoms with Gasteiger partial charge >= 0.3 is 0 Å². The van der Waals surface area contributed by atoms with Gasteiger partial charge in [0.05, 0.1) is 0 Å². The van der Waals surface area contributed by atoms with Crippen molar-refractivity contribution in [1.29, 1.82) is 0 Å². The molecule has 0 aliphatic carbocycles. The maximum absolute atomic E-state index is 10.6. The van der Waals surface area contributed by atoms with Crippen LogP contribution in [0, 0.1) is 0 Å². The molecule has 0 aliphatic heterocycles. The summed E-state index contributed by atoms with van der Waals surface area (Å²) in [4.78, 5) is 14.8. The number of aromatic nitrogens is 2. The molecule has 0 aliphatic rings. The van der Waals surface area contributed by atoms with Gasteiger partial charge in [-0.2, -0.15) is 4.98 Å². The van der Waals surface area contributed by atoms with Gasteiger partial charge in [-0.15, -0.1) is 11.6 Å². The molecule has 0 fully saturated rings. The summed E-state index contributed by atoms with van der Waals surface area (Å²) < 4.78 is 10.4. The maximum Gasteiger partial charge on any atom is 0.241 e. The van der Waals surface area contributed by atoms with E-state index in [1.165, 1.54) is 0 Å². The summed E-state index contributed by atoms with van der Waals surface area (Å²) in [6.07, 6.45) is 0.666. The second kappa shape index (κ2) is 5.30. The molecule has 0 N–H and O–H groups in total. The fourth-order valence-corrected chi connectivity index (χ4v) is 1.92. The molecule has 0 saturated carbocycles. The van der Waals surface area contributed by atoms with Gasteiger partial charge in [-0.05, 0) is 18.2 Å². The van der Waals surface area contributed by atoms with E-state index in [2.05, 4.69) is 10.1 Å². The molecule has 3 aromatic rings. The van der Waals surface area contributed by atoms with Crippen molar-refractivity contribution >= 4 is 17.9 Å². The highest BCUT2D eigenvalue weighted by atomic mass is 35.5. The van der Waals surface area contributed by atoms with Crippen molar-refractivity contribution in [3.8, 4) is 22.7 Å². The van der Waals surface area contributed by atoms with Gasteiger partial charge in [-0.25, -0.2) is 0 Å². The van der Waals surface area contributed by atoms with Crippen molar-refractivity contribution in [3.05, 3.63) is 48.0 Å². The summed E-state index contributed by atoms with van der Waals surface area (Å²) in [5.74, 6) is 1.90. The zero-order chi connectivity index (χ0) is 13.9. The Morgan fingerprint density at radius 2 is 2.05 bits per heavy atom. The minimum Gasteiger partial charge on any atom is -0.453 e. The summed E-state index contributed by atoms with van der Waals surface area (Å²) in [5.41, 5.74) is 1.61. The van der Waals surface area contributed by atoms with Gasteiger partial charge in [0.1, 0.15) is 11.6 Å². The van der Waals surface area contributed by atoms with Gasteiger partial charge in [0, 0.05) is 11.1 Å². The molecule has 1 aromatic carbocycles. The van der Waals surface area contributed by atoms with Gasteiger partial charge in [0.25, 0.3) is 0 Å². The first-order valence-corrected chi connectivity index (χ1v) is 6.38. The zero-order valence-corrected chi connectivity index (χ0v) is 11.0. The quantitative estimate of drug-likeness (QED) is 0.542. The topological polar surface area (TPSA) is 69.1 Å². The van der Waals surface area contributed by atoms with Crippen LogP contribution in [0.5, 0.6) is 0 Å². The number of nitrogens with zero attached hydrogens (tertiary/aromatic N) is 2. The molecule has 2 aromatic heterocycles. The Labute approximate surface area is 119 Å². The first kappa shape index (κ1) is 12.6. The summed E-state index contributed by atoms with van der Waals surface area (Å²) in [6, 6.07) is 10.8. The number of halogens is 1. The van der Waals surface area contributed by atoms with Crippen LogP contribution >= 0.6 is 11.6 Å². The smallest absolute Gasteiger partial charge is 0.241 e. The van der Waals surface area contributed by atoms with Crippen LogP contribution in [0.2, 0.25) is 0 Å². The Kier molecular flexibility index (Phi) is 3.35. The van der Waals surface area contributed by atoms with Crippen LogP contribution in [-0.2, 0) is 5.88 Å². The van der Waals surface area contributed by atoms with Gasteiger partial charge in [0.2, 0.25) is 11.7 Å². The lowest BCUT2D eigenvalue weighted by Gasteiger charge is -1.99. The largest absolute Gasteiger partial charge is 0.453 e. The van der Waals surface area contributed by atoms with Gasteiger partial charge < -0.3 is 8.94 Å². The SMILES string of the molecule is O=Cc1ccc(-c2cccc(-c3noc(CCl)n3)c2)o1. The number of hydrogen-bond donors (Lipinski definition) is 0. The van der Waals surface area contributed by atoms with Gasteiger partial charge in [0.15, 0.2) is 12.0 Å². The molecule has 5 nitrogen and oxygen atoms in total. The van der Waals surface area contributed by atoms with Gasteiger partial charge in [-0.3, -0.25) is 4.79 Å². The van der Waals surface area contributed by atoms with Crippen molar-refractivity contribution < 1.29 is 13.7 Å². The summed E-state index contributed by atoms with van der Waals surface area (Å²) in [5, 5.41) is 3.86. The van der Waals surface area contributed by atoms with E-state index in [-0.39, 0.29) is 11.6 Å². The van der Waals surface area contributed by atoms with Crippen molar-refractivity contribution in [1.82, 2.24) is 10.1 Å². The van der Waals surface area contributed by atoms with Crippen LogP contribution in [-0.4, -0.2) is 16.4 Å². The summed E-state index contributed by atoms with van der Waals surface area (Å²) in [6.45, 7) is 0. The highest BCUT2D eigenvalue weighted by molar-refractivity contribution is 6.16. The van der Waals surface area contributed by atoms with E-state index in [1.54, 1.807) is 12.1 Å². The maximum atomic E-state index is 10.6. The molecule has 0 radical (unpaired) electrons. The molecule has 20 heavy (non-hydrogen) atoms. The highest BCUT2D eigenvalue weighted by Gasteiger charge is 2.10. The van der Waals surface area contributed by atoms with Crippen LogP contribution < -0.4 is 0 Å². The summed E-state index contributed by atoms with van der Waals surface area (Å²) in [7, 11) is 0. The Morgan fingerprint density at radius 1 is 1.20 bits per heavy atom. The molecule has 2 heterocycles. The van der Waals surface area contributed by atoms with Crippen LogP contribution in [0.15, 0.2) is 45.3 Å². The van der Waals surface area contributed by atoms with Crippen LogP contribution in [0.1, 0.15) is 16.4 Å². The number of aldehydes is 1. The second-order valence-electron chi connectivity index (χ2n) is 4.05. The molecule has 6 heteroatoms. The van der Waals surface area contributed by atoms with E-state index in [1.807, 2.05) is 24.3 Å². The monoisotopic (exact) mass is 288 g/mol. The molecule has 0 unspecified atom stereocenters. The summed E-state index contributed by atoms with van der Waals surface area (Å²) >= 11 is 5.63. The van der Waals surface area contributed by atoms with Crippen molar-refractivity contribution in [2.45, 2.75) is 5.88 Å². The van der Waals surface area contributed by atoms with E-state index >= 15 is 0 Å². The third-order valence-corrected chi connectivity index (χ3v) is 2.96. The standard InChI is InChI=1S/C14H9ClN2O3/c15-7-13-16-14(17-20-13)10-3-1-2-9(6-10)12-5-4-11(8-18)19-12/h1-6,8H,7H2. The average molecular weight is 289 g/mol. The molecular formula is C14H9ClN2O3. The Bertz CT molecular complexity index is 748. The first-order chi connectivity index (χ1) is 9.80. The predicted molar refractivity (Wildman–Crippen MR) is 72.4 cm³/mol. The van der Waals surface area contributed by atoms with Crippen molar-refractivity contribution in [2.75, 3.05) is 0 Å². The molecule has 0 amide bonds.